The molecule has 1 rings (SSSR count). The normalized spacial score (nSPS) is 12.6. The number of halogens is 1. The lowest BCUT2D eigenvalue weighted by molar-refractivity contribution is 0.262. The first kappa shape index (κ1) is 10.4. The van der Waals surface area contributed by atoms with Crippen molar-refractivity contribution in [3.05, 3.63) is 22.4 Å². The van der Waals surface area contributed by atoms with E-state index in [1.807, 2.05) is 0 Å². The van der Waals surface area contributed by atoms with Gasteiger partial charge in [-0.3, -0.25) is 4.98 Å². The number of nitrogens with zero attached hydrogens (tertiary/aromatic N) is 1. The van der Waals surface area contributed by atoms with Crippen molar-refractivity contribution >= 4 is 15.9 Å². The van der Waals surface area contributed by atoms with Crippen LogP contribution in [0, 0.1) is 0 Å². The number of aliphatic hydroxyl groups excluding tert-OH is 1. The van der Waals surface area contributed by atoms with E-state index in [1.165, 1.54) is 7.11 Å². The molecule has 13 heavy (non-hydrogen) atoms. The second-order valence-electron chi connectivity index (χ2n) is 2.53. The second kappa shape index (κ2) is 4.55. The molecule has 1 heterocycles. The fraction of sp³-hybridized carbons (Fsp3) is 0.375. The summed E-state index contributed by atoms with van der Waals surface area (Å²) in [6.45, 7) is -0.148. The molecule has 0 radical (unpaired) electrons. The number of aliphatic hydroxyl groups is 1. The van der Waals surface area contributed by atoms with Crippen LogP contribution in [0.5, 0.6) is 5.75 Å². The van der Waals surface area contributed by atoms with E-state index in [0.29, 0.717) is 11.4 Å². The number of hydrogen-bond acceptors (Lipinski definition) is 4. The van der Waals surface area contributed by atoms with Gasteiger partial charge in [-0.2, -0.15) is 0 Å². The molecule has 1 unspecified atom stereocenters. The maximum absolute atomic E-state index is 8.85. The van der Waals surface area contributed by atoms with Gasteiger partial charge in [0.2, 0.25) is 0 Å². The number of aromatic nitrogens is 1. The quantitative estimate of drug-likeness (QED) is 0.830. The Morgan fingerprint density at radius 2 is 2.46 bits per heavy atom. The molecule has 0 fully saturated rings. The Hall–Kier alpha value is -0.650. The highest BCUT2D eigenvalue weighted by Crippen LogP contribution is 2.24. The fourth-order valence-electron chi connectivity index (χ4n) is 0.960. The summed E-state index contributed by atoms with van der Waals surface area (Å²) in [7, 11) is 1.54. The van der Waals surface area contributed by atoms with Crippen LogP contribution < -0.4 is 10.5 Å². The van der Waals surface area contributed by atoms with Crippen LogP contribution in [0.4, 0.5) is 0 Å². The summed E-state index contributed by atoms with van der Waals surface area (Å²) < 4.78 is 5.88. The van der Waals surface area contributed by atoms with Crippen LogP contribution >= 0.6 is 15.9 Å². The summed E-state index contributed by atoms with van der Waals surface area (Å²) in [4.78, 5) is 4.06. The zero-order chi connectivity index (χ0) is 9.84. The average molecular weight is 247 g/mol. The summed E-state index contributed by atoms with van der Waals surface area (Å²) in [5.41, 5.74) is 6.18. The first-order valence-electron chi connectivity index (χ1n) is 3.75. The number of nitrogens with two attached hydrogens (primary N) is 1. The molecule has 0 aliphatic heterocycles. The Bertz CT molecular complexity index is 293. The standard InChI is InChI=1S/C8H11BrN2O2/c1-13-7-2-5(9)3-11-8(7)6(10)4-12/h2-3,6,12H,4,10H2,1H3. The predicted molar refractivity (Wildman–Crippen MR) is 52.5 cm³/mol. The molecular formula is C8H11BrN2O2. The summed E-state index contributed by atoms with van der Waals surface area (Å²) in [6.07, 6.45) is 1.62. The van der Waals surface area contributed by atoms with E-state index >= 15 is 0 Å². The highest BCUT2D eigenvalue weighted by atomic mass is 79.9. The van der Waals surface area contributed by atoms with Crippen LogP contribution in [0.1, 0.15) is 11.7 Å². The van der Waals surface area contributed by atoms with E-state index in [2.05, 4.69) is 20.9 Å². The highest BCUT2D eigenvalue weighted by molar-refractivity contribution is 9.10. The van der Waals surface area contributed by atoms with Crippen molar-refractivity contribution in [2.45, 2.75) is 6.04 Å². The van der Waals surface area contributed by atoms with Crippen molar-refractivity contribution in [1.82, 2.24) is 4.98 Å². The zero-order valence-corrected chi connectivity index (χ0v) is 8.78. The van der Waals surface area contributed by atoms with Crippen molar-refractivity contribution in [3.63, 3.8) is 0 Å². The fourth-order valence-corrected chi connectivity index (χ4v) is 1.27. The average Bonchev–Trinajstić information content (AvgIpc) is 2.16. The monoisotopic (exact) mass is 246 g/mol. The lowest BCUT2D eigenvalue weighted by Gasteiger charge is -2.11. The second-order valence-corrected chi connectivity index (χ2v) is 3.45. The van der Waals surface area contributed by atoms with Gasteiger partial charge < -0.3 is 15.6 Å². The van der Waals surface area contributed by atoms with Crippen LogP contribution in [0.15, 0.2) is 16.7 Å². The Morgan fingerprint density at radius 3 is 3.00 bits per heavy atom. The van der Waals surface area contributed by atoms with Gasteiger partial charge in [-0.25, -0.2) is 0 Å². The summed E-state index contributed by atoms with van der Waals surface area (Å²) in [6, 6.07) is 1.26. The first-order valence-corrected chi connectivity index (χ1v) is 4.54. The molecule has 0 aromatic carbocycles. The van der Waals surface area contributed by atoms with Gasteiger partial charge in [0.25, 0.3) is 0 Å². The molecule has 0 saturated carbocycles. The number of methoxy groups -OCH3 is 1. The Morgan fingerprint density at radius 1 is 1.77 bits per heavy atom. The minimum Gasteiger partial charge on any atom is -0.495 e. The smallest absolute Gasteiger partial charge is 0.143 e. The molecule has 0 amide bonds. The minimum atomic E-state index is -0.497. The van der Waals surface area contributed by atoms with E-state index in [9.17, 15) is 0 Å². The van der Waals surface area contributed by atoms with E-state index in [0.717, 1.165) is 4.47 Å². The SMILES string of the molecule is COc1cc(Br)cnc1C(N)CO. The number of pyridine rings is 1. The lowest BCUT2D eigenvalue weighted by Crippen LogP contribution is -2.17. The van der Waals surface area contributed by atoms with Gasteiger partial charge in [-0.05, 0) is 22.0 Å². The third-order valence-electron chi connectivity index (χ3n) is 1.62. The van der Waals surface area contributed by atoms with Crippen LogP contribution in [-0.4, -0.2) is 23.8 Å². The zero-order valence-electron chi connectivity index (χ0n) is 7.20. The van der Waals surface area contributed by atoms with Crippen LogP contribution in [0.3, 0.4) is 0 Å². The largest absolute Gasteiger partial charge is 0.495 e. The minimum absolute atomic E-state index is 0.148. The summed E-state index contributed by atoms with van der Waals surface area (Å²) in [5, 5.41) is 8.85. The van der Waals surface area contributed by atoms with Gasteiger partial charge >= 0.3 is 0 Å². The third-order valence-corrected chi connectivity index (χ3v) is 2.05. The molecule has 4 nitrogen and oxygen atoms in total. The van der Waals surface area contributed by atoms with Gasteiger partial charge in [0.05, 0.1) is 19.8 Å². The van der Waals surface area contributed by atoms with Crippen molar-refractivity contribution in [2.24, 2.45) is 5.73 Å². The van der Waals surface area contributed by atoms with Crippen molar-refractivity contribution < 1.29 is 9.84 Å². The predicted octanol–water partition coefficient (Wildman–Crippen LogP) is 0.845. The van der Waals surface area contributed by atoms with Gasteiger partial charge in [0, 0.05) is 10.7 Å². The molecule has 0 aliphatic carbocycles. The molecular weight excluding hydrogens is 236 g/mol. The van der Waals surface area contributed by atoms with E-state index in [-0.39, 0.29) is 6.61 Å². The van der Waals surface area contributed by atoms with E-state index < -0.39 is 6.04 Å². The molecule has 0 bridgehead atoms. The lowest BCUT2D eigenvalue weighted by atomic mass is 10.2. The molecule has 1 atom stereocenters. The maximum atomic E-state index is 8.85. The third kappa shape index (κ3) is 2.40. The summed E-state index contributed by atoms with van der Waals surface area (Å²) >= 11 is 3.26. The number of ether oxygens (including phenoxy) is 1. The van der Waals surface area contributed by atoms with Gasteiger partial charge in [0.15, 0.2) is 0 Å². The first-order chi connectivity index (χ1) is 6.19. The molecule has 5 heteroatoms. The Labute approximate surface area is 84.9 Å². The van der Waals surface area contributed by atoms with Gasteiger partial charge in [-0.15, -0.1) is 0 Å². The van der Waals surface area contributed by atoms with Gasteiger partial charge in [-0.1, -0.05) is 0 Å². The molecule has 0 spiro atoms. The van der Waals surface area contributed by atoms with Crippen molar-refractivity contribution in [1.29, 1.82) is 0 Å². The molecule has 72 valence electrons. The molecule has 0 saturated heterocycles. The molecule has 1 aromatic heterocycles. The molecule has 0 aliphatic rings. The molecule has 3 N–H and O–H groups in total. The van der Waals surface area contributed by atoms with Crippen molar-refractivity contribution in [3.8, 4) is 5.75 Å². The highest BCUT2D eigenvalue weighted by Gasteiger charge is 2.12. The number of hydrogen-bond donors (Lipinski definition) is 2. The van der Waals surface area contributed by atoms with Crippen LogP contribution in [-0.2, 0) is 0 Å². The topological polar surface area (TPSA) is 68.4 Å². The number of rotatable bonds is 3. The van der Waals surface area contributed by atoms with Crippen LogP contribution in [0.2, 0.25) is 0 Å². The summed E-state index contributed by atoms with van der Waals surface area (Å²) in [5.74, 6) is 0.580. The van der Waals surface area contributed by atoms with Crippen molar-refractivity contribution in [2.75, 3.05) is 13.7 Å². The molecule has 1 aromatic rings. The van der Waals surface area contributed by atoms with Crippen LogP contribution in [0.25, 0.3) is 0 Å². The van der Waals surface area contributed by atoms with E-state index in [1.54, 1.807) is 12.3 Å². The van der Waals surface area contributed by atoms with Gasteiger partial charge in [0.1, 0.15) is 11.4 Å². The Balaban J connectivity index is 3.05. The van der Waals surface area contributed by atoms with E-state index in [4.69, 9.17) is 15.6 Å². The Kier molecular flexibility index (Phi) is 3.65. The maximum Gasteiger partial charge on any atom is 0.143 e.